The minimum atomic E-state index is -1.15. The molecule has 0 saturated carbocycles. The Morgan fingerprint density at radius 3 is 2.52 bits per heavy atom. The summed E-state index contributed by atoms with van der Waals surface area (Å²) in [5, 5.41) is 12.9. The zero-order chi connectivity index (χ0) is 15.6. The van der Waals surface area contributed by atoms with Crippen molar-refractivity contribution in [3.05, 3.63) is 36.0 Å². The minimum Gasteiger partial charge on any atom is -0.476 e. The molecular formula is C15H16N2O4. The van der Waals surface area contributed by atoms with Gasteiger partial charge in [0.1, 0.15) is 11.4 Å². The van der Waals surface area contributed by atoms with Gasteiger partial charge in [-0.3, -0.25) is 5.32 Å². The second-order valence-corrected chi connectivity index (χ2v) is 5.51. The number of carbonyl (C=O) groups is 2. The Kier molecular flexibility index (Phi) is 3.80. The number of aromatic carboxylic acids is 1. The van der Waals surface area contributed by atoms with E-state index >= 15 is 0 Å². The molecular weight excluding hydrogens is 272 g/mol. The maximum atomic E-state index is 11.7. The fourth-order valence-electron chi connectivity index (χ4n) is 1.83. The van der Waals surface area contributed by atoms with Crippen LogP contribution in [-0.2, 0) is 4.74 Å². The van der Waals surface area contributed by atoms with E-state index in [-0.39, 0.29) is 11.5 Å². The zero-order valence-corrected chi connectivity index (χ0v) is 12.0. The van der Waals surface area contributed by atoms with Gasteiger partial charge in [0.05, 0.1) is 0 Å². The van der Waals surface area contributed by atoms with E-state index < -0.39 is 17.7 Å². The smallest absolute Gasteiger partial charge is 0.413 e. The molecule has 0 atom stereocenters. The monoisotopic (exact) mass is 288 g/mol. The number of benzene rings is 1. The minimum absolute atomic E-state index is 0.112. The van der Waals surface area contributed by atoms with Gasteiger partial charge in [-0.05, 0) is 32.2 Å². The number of amides is 1. The molecule has 0 aliphatic carbocycles. The van der Waals surface area contributed by atoms with Crippen molar-refractivity contribution in [1.82, 2.24) is 4.98 Å². The highest BCUT2D eigenvalue weighted by Gasteiger charge is 2.18. The number of anilines is 1. The summed E-state index contributed by atoms with van der Waals surface area (Å²) in [4.78, 5) is 27.0. The van der Waals surface area contributed by atoms with E-state index in [4.69, 9.17) is 4.74 Å². The Balaban J connectivity index is 2.37. The Bertz CT molecular complexity index is 704. The van der Waals surface area contributed by atoms with Crippen LogP contribution in [-0.4, -0.2) is 27.8 Å². The van der Waals surface area contributed by atoms with Gasteiger partial charge in [-0.2, -0.15) is 0 Å². The highest BCUT2D eigenvalue weighted by Crippen LogP contribution is 2.21. The number of carboxylic acids is 1. The topological polar surface area (TPSA) is 88.5 Å². The van der Waals surface area contributed by atoms with Gasteiger partial charge in [-0.15, -0.1) is 0 Å². The Morgan fingerprint density at radius 1 is 1.24 bits per heavy atom. The number of ether oxygens (including phenoxy) is 1. The lowest BCUT2D eigenvalue weighted by atomic mass is 10.1. The average Bonchev–Trinajstić information content (AvgIpc) is 2.35. The average molecular weight is 288 g/mol. The molecule has 0 fully saturated rings. The number of hydrogen-bond donors (Lipinski definition) is 2. The van der Waals surface area contributed by atoms with Crippen molar-refractivity contribution in [1.29, 1.82) is 0 Å². The van der Waals surface area contributed by atoms with Gasteiger partial charge in [0.25, 0.3) is 0 Å². The normalized spacial score (nSPS) is 11.2. The van der Waals surface area contributed by atoms with Gasteiger partial charge in [0.2, 0.25) is 0 Å². The van der Waals surface area contributed by atoms with Crippen molar-refractivity contribution in [3.8, 4) is 0 Å². The molecule has 0 aliphatic rings. The number of nitrogens with one attached hydrogen (secondary N) is 1. The van der Waals surface area contributed by atoms with E-state index in [2.05, 4.69) is 10.3 Å². The number of carboxylic acid groups (broad SMARTS) is 1. The largest absolute Gasteiger partial charge is 0.476 e. The van der Waals surface area contributed by atoms with E-state index in [1.807, 2.05) is 0 Å². The predicted octanol–water partition coefficient (Wildman–Crippen LogP) is 3.28. The summed E-state index contributed by atoms with van der Waals surface area (Å²) in [5.74, 6) is -1.01. The fourth-order valence-corrected chi connectivity index (χ4v) is 1.83. The summed E-state index contributed by atoms with van der Waals surface area (Å²) >= 11 is 0. The van der Waals surface area contributed by atoms with Crippen LogP contribution >= 0.6 is 0 Å². The lowest BCUT2D eigenvalue weighted by molar-refractivity contribution is 0.0631. The molecule has 1 aromatic heterocycles. The van der Waals surface area contributed by atoms with Crippen molar-refractivity contribution in [3.63, 3.8) is 0 Å². The van der Waals surface area contributed by atoms with E-state index in [0.29, 0.717) is 10.8 Å². The highest BCUT2D eigenvalue weighted by molar-refractivity contribution is 6.03. The highest BCUT2D eigenvalue weighted by atomic mass is 16.6. The second kappa shape index (κ2) is 5.40. The van der Waals surface area contributed by atoms with E-state index in [0.717, 1.165) is 0 Å². The molecule has 0 bridgehead atoms. The molecule has 0 spiro atoms. The molecule has 0 aliphatic heterocycles. The molecule has 110 valence electrons. The lowest BCUT2D eigenvalue weighted by Crippen LogP contribution is -2.27. The van der Waals surface area contributed by atoms with Gasteiger partial charge in [0.15, 0.2) is 5.69 Å². The lowest BCUT2D eigenvalue weighted by Gasteiger charge is -2.19. The molecule has 2 rings (SSSR count). The van der Waals surface area contributed by atoms with Crippen LogP contribution < -0.4 is 5.32 Å². The number of carbonyl (C=O) groups excluding carboxylic acids is 1. The van der Waals surface area contributed by atoms with Crippen LogP contribution in [0.1, 0.15) is 31.3 Å². The van der Waals surface area contributed by atoms with Crippen molar-refractivity contribution in [2.75, 3.05) is 5.32 Å². The first-order chi connectivity index (χ1) is 9.76. The first kappa shape index (κ1) is 14.8. The van der Waals surface area contributed by atoms with Crippen molar-refractivity contribution in [2.45, 2.75) is 26.4 Å². The number of hydrogen-bond acceptors (Lipinski definition) is 4. The summed E-state index contributed by atoms with van der Waals surface area (Å²) < 4.78 is 5.12. The standard InChI is InChI=1S/C15H16N2O4/c1-15(2,3)21-14(20)17-11-8-9-6-4-5-7-10(9)12(16-11)13(18)19/h4-8H,1-3H3,(H,18,19)(H,16,17,20). The summed E-state index contributed by atoms with van der Waals surface area (Å²) in [6.07, 6.45) is -0.679. The van der Waals surface area contributed by atoms with Gasteiger partial charge < -0.3 is 9.84 Å². The maximum Gasteiger partial charge on any atom is 0.413 e. The molecule has 0 saturated heterocycles. The van der Waals surface area contributed by atoms with Gasteiger partial charge in [-0.25, -0.2) is 14.6 Å². The number of rotatable bonds is 2. The number of pyridine rings is 1. The second-order valence-electron chi connectivity index (χ2n) is 5.51. The Morgan fingerprint density at radius 2 is 1.90 bits per heavy atom. The molecule has 1 aromatic carbocycles. The molecule has 6 heteroatoms. The summed E-state index contributed by atoms with van der Waals surface area (Å²) in [6.45, 7) is 5.22. The molecule has 2 aromatic rings. The van der Waals surface area contributed by atoms with E-state index in [1.54, 1.807) is 51.1 Å². The Labute approximate surface area is 121 Å². The van der Waals surface area contributed by atoms with Crippen LogP contribution in [0.25, 0.3) is 10.8 Å². The molecule has 1 heterocycles. The van der Waals surface area contributed by atoms with Crippen LogP contribution in [0, 0.1) is 0 Å². The quantitative estimate of drug-likeness (QED) is 0.885. The van der Waals surface area contributed by atoms with E-state index in [9.17, 15) is 14.7 Å². The van der Waals surface area contributed by atoms with Gasteiger partial charge in [0, 0.05) is 5.39 Å². The van der Waals surface area contributed by atoms with Gasteiger partial charge in [-0.1, -0.05) is 24.3 Å². The maximum absolute atomic E-state index is 11.7. The molecule has 21 heavy (non-hydrogen) atoms. The van der Waals surface area contributed by atoms with Crippen molar-refractivity contribution >= 4 is 28.7 Å². The van der Waals surface area contributed by atoms with Crippen LogP contribution in [0.4, 0.5) is 10.6 Å². The molecule has 6 nitrogen and oxygen atoms in total. The SMILES string of the molecule is CC(C)(C)OC(=O)Nc1cc2ccccc2c(C(=O)O)n1. The summed E-state index contributed by atoms with van der Waals surface area (Å²) in [6, 6.07) is 8.54. The molecule has 2 N–H and O–H groups in total. The van der Waals surface area contributed by atoms with Crippen LogP contribution in [0.5, 0.6) is 0 Å². The number of aromatic nitrogens is 1. The first-order valence-corrected chi connectivity index (χ1v) is 6.39. The number of nitrogens with zero attached hydrogens (tertiary/aromatic N) is 1. The van der Waals surface area contributed by atoms with Crippen LogP contribution in [0.3, 0.4) is 0 Å². The van der Waals surface area contributed by atoms with Crippen LogP contribution in [0.15, 0.2) is 30.3 Å². The van der Waals surface area contributed by atoms with E-state index in [1.165, 1.54) is 0 Å². The molecule has 1 amide bonds. The first-order valence-electron chi connectivity index (χ1n) is 6.39. The van der Waals surface area contributed by atoms with Crippen molar-refractivity contribution in [2.24, 2.45) is 0 Å². The zero-order valence-electron chi connectivity index (χ0n) is 12.0. The number of fused-ring (bicyclic) bond motifs is 1. The predicted molar refractivity (Wildman–Crippen MR) is 78.6 cm³/mol. The third kappa shape index (κ3) is 3.68. The van der Waals surface area contributed by atoms with Gasteiger partial charge >= 0.3 is 12.1 Å². The molecule has 0 unspecified atom stereocenters. The molecule has 0 radical (unpaired) electrons. The fraction of sp³-hybridized carbons (Fsp3) is 0.267. The van der Waals surface area contributed by atoms with Crippen LogP contribution in [0.2, 0.25) is 0 Å². The summed E-state index contributed by atoms with van der Waals surface area (Å²) in [5.41, 5.74) is -0.754. The Hall–Kier alpha value is -2.63. The van der Waals surface area contributed by atoms with Crippen molar-refractivity contribution < 1.29 is 19.4 Å². The summed E-state index contributed by atoms with van der Waals surface area (Å²) in [7, 11) is 0. The third-order valence-electron chi connectivity index (χ3n) is 2.57. The third-order valence-corrected chi connectivity index (χ3v) is 2.57.